The SMILES string of the molecule is Cc1nnc(C(=O)Nc2ccc(Cl)cc2)o1. The van der Waals surface area contributed by atoms with Crippen molar-refractivity contribution < 1.29 is 9.21 Å². The minimum Gasteiger partial charge on any atom is -0.417 e. The molecule has 1 heterocycles. The van der Waals surface area contributed by atoms with Crippen LogP contribution in [-0.4, -0.2) is 16.1 Å². The molecule has 1 amide bonds. The van der Waals surface area contributed by atoms with E-state index in [1.165, 1.54) is 0 Å². The molecule has 82 valence electrons. The monoisotopic (exact) mass is 237 g/mol. The fourth-order valence-corrected chi connectivity index (χ4v) is 1.23. The summed E-state index contributed by atoms with van der Waals surface area (Å²) in [6, 6.07) is 6.72. The predicted octanol–water partition coefficient (Wildman–Crippen LogP) is 2.28. The number of nitrogens with zero attached hydrogens (tertiary/aromatic N) is 2. The van der Waals surface area contributed by atoms with Gasteiger partial charge in [0.2, 0.25) is 5.89 Å². The summed E-state index contributed by atoms with van der Waals surface area (Å²) in [5.41, 5.74) is 0.616. The molecule has 1 N–H and O–H groups in total. The smallest absolute Gasteiger partial charge is 0.313 e. The van der Waals surface area contributed by atoms with Crippen LogP contribution in [0.15, 0.2) is 28.7 Å². The summed E-state index contributed by atoms with van der Waals surface area (Å²) in [5.74, 6) is -0.156. The number of aromatic nitrogens is 2. The number of halogens is 1. The van der Waals surface area contributed by atoms with E-state index in [4.69, 9.17) is 16.0 Å². The maximum absolute atomic E-state index is 11.6. The van der Waals surface area contributed by atoms with E-state index < -0.39 is 5.91 Å². The van der Waals surface area contributed by atoms with Gasteiger partial charge >= 0.3 is 11.8 Å². The molecule has 0 unspecified atom stereocenters. The zero-order valence-corrected chi connectivity index (χ0v) is 9.15. The number of carbonyl (C=O) groups excluding carboxylic acids is 1. The van der Waals surface area contributed by atoms with E-state index in [1.807, 2.05) is 0 Å². The highest BCUT2D eigenvalue weighted by atomic mass is 35.5. The predicted molar refractivity (Wildman–Crippen MR) is 58.4 cm³/mol. The van der Waals surface area contributed by atoms with Crippen LogP contribution in [0.3, 0.4) is 0 Å². The molecule has 0 fully saturated rings. The third kappa shape index (κ3) is 2.38. The summed E-state index contributed by atoms with van der Waals surface area (Å²) < 4.78 is 4.98. The molecule has 1 aromatic carbocycles. The van der Waals surface area contributed by atoms with Crippen LogP contribution >= 0.6 is 11.6 Å². The van der Waals surface area contributed by atoms with Crippen molar-refractivity contribution >= 4 is 23.2 Å². The first-order chi connectivity index (χ1) is 7.65. The van der Waals surface area contributed by atoms with E-state index in [0.717, 1.165) is 0 Å². The lowest BCUT2D eigenvalue weighted by Gasteiger charge is -2.01. The normalized spacial score (nSPS) is 10.1. The van der Waals surface area contributed by atoms with Gasteiger partial charge in [-0.05, 0) is 24.3 Å². The van der Waals surface area contributed by atoms with Gasteiger partial charge in [-0.25, -0.2) is 0 Å². The highest BCUT2D eigenvalue weighted by molar-refractivity contribution is 6.30. The molecule has 6 heteroatoms. The topological polar surface area (TPSA) is 68.0 Å². The minimum atomic E-state index is -0.442. The Morgan fingerprint density at radius 2 is 2.00 bits per heavy atom. The van der Waals surface area contributed by atoms with E-state index in [1.54, 1.807) is 31.2 Å². The van der Waals surface area contributed by atoms with Gasteiger partial charge in [-0.1, -0.05) is 11.6 Å². The maximum atomic E-state index is 11.6. The molecule has 0 atom stereocenters. The van der Waals surface area contributed by atoms with Crippen LogP contribution in [0.1, 0.15) is 16.6 Å². The second kappa shape index (κ2) is 4.32. The van der Waals surface area contributed by atoms with Crippen LogP contribution in [0.25, 0.3) is 0 Å². The van der Waals surface area contributed by atoms with Crippen molar-refractivity contribution in [3.63, 3.8) is 0 Å². The molecule has 0 aliphatic carbocycles. The lowest BCUT2D eigenvalue weighted by atomic mass is 10.3. The van der Waals surface area contributed by atoms with Crippen LogP contribution in [0.5, 0.6) is 0 Å². The number of hydrogen-bond donors (Lipinski definition) is 1. The van der Waals surface area contributed by atoms with Crippen LogP contribution in [0.4, 0.5) is 5.69 Å². The van der Waals surface area contributed by atoms with Gasteiger partial charge < -0.3 is 9.73 Å². The fraction of sp³-hybridized carbons (Fsp3) is 0.100. The van der Waals surface area contributed by atoms with Gasteiger partial charge in [0.15, 0.2) is 0 Å². The molecule has 0 aliphatic rings. The Labute approximate surface area is 96.4 Å². The summed E-state index contributed by atoms with van der Waals surface area (Å²) in [6.45, 7) is 1.62. The van der Waals surface area contributed by atoms with Crippen LogP contribution in [0.2, 0.25) is 5.02 Å². The average Bonchev–Trinajstić information content (AvgIpc) is 2.68. The number of hydrogen-bond acceptors (Lipinski definition) is 4. The Hall–Kier alpha value is -1.88. The molecule has 2 rings (SSSR count). The third-order valence-electron chi connectivity index (χ3n) is 1.82. The summed E-state index contributed by atoms with van der Waals surface area (Å²) in [5, 5.41) is 10.4. The largest absolute Gasteiger partial charge is 0.417 e. The van der Waals surface area contributed by atoms with Gasteiger partial charge in [-0.2, -0.15) is 0 Å². The van der Waals surface area contributed by atoms with Crippen LogP contribution < -0.4 is 5.32 Å². The molecule has 0 radical (unpaired) electrons. The average molecular weight is 238 g/mol. The zero-order valence-electron chi connectivity index (χ0n) is 8.40. The van der Waals surface area contributed by atoms with Crippen molar-refractivity contribution in [3.05, 3.63) is 41.1 Å². The number of nitrogens with one attached hydrogen (secondary N) is 1. The van der Waals surface area contributed by atoms with E-state index >= 15 is 0 Å². The van der Waals surface area contributed by atoms with Crippen molar-refractivity contribution in [1.82, 2.24) is 10.2 Å². The van der Waals surface area contributed by atoms with Gasteiger partial charge in [0.1, 0.15) is 0 Å². The quantitative estimate of drug-likeness (QED) is 0.870. The van der Waals surface area contributed by atoms with Crippen molar-refractivity contribution in [2.24, 2.45) is 0 Å². The molecule has 0 saturated heterocycles. The van der Waals surface area contributed by atoms with E-state index in [0.29, 0.717) is 16.6 Å². The molecule has 0 saturated carbocycles. The molecule has 16 heavy (non-hydrogen) atoms. The Morgan fingerprint density at radius 1 is 1.31 bits per heavy atom. The fourth-order valence-electron chi connectivity index (χ4n) is 1.11. The highest BCUT2D eigenvalue weighted by Crippen LogP contribution is 2.14. The van der Waals surface area contributed by atoms with E-state index in [9.17, 15) is 4.79 Å². The molecule has 5 nitrogen and oxygen atoms in total. The summed E-state index contributed by atoms with van der Waals surface area (Å²) in [7, 11) is 0. The Morgan fingerprint density at radius 3 is 2.56 bits per heavy atom. The first-order valence-electron chi connectivity index (χ1n) is 4.52. The first kappa shape index (κ1) is 10.6. The van der Waals surface area contributed by atoms with Crippen LogP contribution in [0, 0.1) is 6.92 Å². The summed E-state index contributed by atoms with van der Waals surface area (Å²) in [6.07, 6.45) is 0. The first-order valence-corrected chi connectivity index (χ1v) is 4.90. The molecule has 0 spiro atoms. The molecule has 1 aromatic heterocycles. The van der Waals surface area contributed by atoms with Crippen molar-refractivity contribution in [2.45, 2.75) is 6.92 Å². The van der Waals surface area contributed by atoms with Crippen molar-refractivity contribution in [3.8, 4) is 0 Å². The number of amides is 1. The molecular weight excluding hydrogens is 230 g/mol. The third-order valence-corrected chi connectivity index (χ3v) is 2.07. The number of carbonyl (C=O) groups is 1. The maximum Gasteiger partial charge on any atom is 0.313 e. The van der Waals surface area contributed by atoms with E-state index in [2.05, 4.69) is 15.5 Å². The molecule has 2 aromatic rings. The summed E-state index contributed by atoms with van der Waals surface area (Å²) >= 11 is 5.71. The van der Waals surface area contributed by atoms with Gasteiger partial charge in [0, 0.05) is 17.6 Å². The molecule has 0 aliphatic heterocycles. The zero-order chi connectivity index (χ0) is 11.5. The van der Waals surface area contributed by atoms with Gasteiger partial charge in [-0.15, -0.1) is 10.2 Å². The van der Waals surface area contributed by atoms with Gasteiger partial charge in [0.25, 0.3) is 0 Å². The van der Waals surface area contributed by atoms with Gasteiger partial charge in [-0.3, -0.25) is 4.79 Å². The lowest BCUT2D eigenvalue weighted by molar-refractivity contribution is 0.0989. The highest BCUT2D eigenvalue weighted by Gasteiger charge is 2.12. The lowest BCUT2D eigenvalue weighted by Crippen LogP contribution is -2.12. The van der Waals surface area contributed by atoms with Crippen molar-refractivity contribution in [1.29, 1.82) is 0 Å². The van der Waals surface area contributed by atoms with Crippen LogP contribution in [-0.2, 0) is 0 Å². The Bertz CT molecular complexity index is 507. The number of benzene rings is 1. The summed E-state index contributed by atoms with van der Waals surface area (Å²) in [4.78, 5) is 11.6. The second-order valence-corrected chi connectivity index (χ2v) is 3.52. The Kier molecular flexibility index (Phi) is 2.87. The molecular formula is C10H8ClN3O2. The molecule has 0 bridgehead atoms. The van der Waals surface area contributed by atoms with Gasteiger partial charge in [0.05, 0.1) is 0 Å². The Balaban J connectivity index is 2.10. The van der Waals surface area contributed by atoms with Crippen molar-refractivity contribution in [2.75, 3.05) is 5.32 Å². The number of aryl methyl sites for hydroxylation is 1. The van der Waals surface area contributed by atoms with E-state index in [-0.39, 0.29) is 5.89 Å². The number of rotatable bonds is 2. The minimum absolute atomic E-state index is 0.0625. The number of anilines is 1. The standard InChI is InChI=1S/C10H8ClN3O2/c1-6-13-14-10(16-6)9(15)12-8-4-2-7(11)3-5-8/h2-5H,1H3,(H,12,15). The second-order valence-electron chi connectivity index (χ2n) is 3.09.